The maximum atomic E-state index is 12.5. The summed E-state index contributed by atoms with van der Waals surface area (Å²) in [5, 5.41) is 27.7. The molecule has 1 aromatic rings. The van der Waals surface area contributed by atoms with Crippen molar-refractivity contribution in [2.24, 2.45) is 5.16 Å². The van der Waals surface area contributed by atoms with E-state index in [9.17, 15) is 19.5 Å². The highest BCUT2D eigenvalue weighted by Gasteiger charge is 2.34. The van der Waals surface area contributed by atoms with Crippen LogP contribution in [-0.4, -0.2) is 63.0 Å². The van der Waals surface area contributed by atoms with Crippen molar-refractivity contribution < 1.29 is 29.4 Å². The van der Waals surface area contributed by atoms with E-state index in [1.807, 2.05) is 0 Å². The van der Waals surface area contributed by atoms with Crippen molar-refractivity contribution in [1.29, 1.82) is 0 Å². The number of carbonyl (C=O) groups is 3. The van der Waals surface area contributed by atoms with Crippen LogP contribution in [0.4, 0.5) is 5.13 Å². The van der Waals surface area contributed by atoms with Crippen molar-refractivity contribution in [3.05, 3.63) is 22.8 Å². The number of nitrogens with zero attached hydrogens (tertiary/aromatic N) is 2. The molecule has 13 heteroatoms. The number of nitrogens with two attached hydrogens (primary N) is 1. The van der Waals surface area contributed by atoms with Gasteiger partial charge in [-0.15, -0.1) is 23.1 Å². The molecular formula is C13H15N5O6S2. The highest BCUT2D eigenvalue weighted by molar-refractivity contribution is 8.00. The van der Waals surface area contributed by atoms with Crippen molar-refractivity contribution in [2.75, 3.05) is 18.6 Å². The summed E-state index contributed by atoms with van der Waals surface area (Å²) in [4.78, 5) is 43.7. The van der Waals surface area contributed by atoms with E-state index in [4.69, 9.17) is 10.8 Å². The smallest absolute Gasteiger partial charge is 0.351 e. The first-order valence-electron chi connectivity index (χ1n) is 7.01. The summed E-state index contributed by atoms with van der Waals surface area (Å²) in [5.74, 6) is -3.13. The molecule has 1 amide bonds. The molecule has 26 heavy (non-hydrogen) atoms. The Kier molecular flexibility index (Phi) is 6.41. The zero-order valence-electron chi connectivity index (χ0n) is 13.3. The average Bonchev–Trinajstić information content (AvgIpc) is 3.03. The van der Waals surface area contributed by atoms with Crippen LogP contribution in [0.2, 0.25) is 0 Å². The lowest BCUT2D eigenvalue weighted by molar-refractivity contribution is -0.141. The highest BCUT2D eigenvalue weighted by Crippen LogP contribution is 2.20. The summed E-state index contributed by atoms with van der Waals surface area (Å²) in [6, 6.07) is -1.42. The Hall–Kier alpha value is -2.80. The molecule has 0 saturated heterocycles. The van der Waals surface area contributed by atoms with Gasteiger partial charge in [-0.2, -0.15) is 0 Å². The van der Waals surface area contributed by atoms with Crippen LogP contribution in [0, 0.1) is 0 Å². The van der Waals surface area contributed by atoms with Gasteiger partial charge in [-0.25, -0.2) is 14.6 Å². The maximum Gasteiger partial charge on any atom is 0.351 e. The summed E-state index contributed by atoms with van der Waals surface area (Å²) in [6.45, 7) is 0. The minimum atomic E-state index is -1.42. The molecule has 1 aliphatic rings. The molecule has 0 bridgehead atoms. The number of hydrogen-bond acceptors (Lipinski definition) is 10. The number of oxime groups is 1. The van der Waals surface area contributed by atoms with Gasteiger partial charge in [0, 0.05) is 11.1 Å². The largest absolute Gasteiger partial charge is 0.480 e. The molecule has 0 saturated carbocycles. The summed E-state index contributed by atoms with van der Waals surface area (Å²) >= 11 is 2.21. The van der Waals surface area contributed by atoms with E-state index in [0.29, 0.717) is 0 Å². The van der Waals surface area contributed by atoms with Gasteiger partial charge in [0.15, 0.2) is 16.9 Å². The second-order valence-corrected chi connectivity index (χ2v) is 6.87. The molecule has 2 atom stereocenters. The van der Waals surface area contributed by atoms with Crippen molar-refractivity contribution in [3.8, 4) is 0 Å². The third-order valence-corrected chi connectivity index (χ3v) is 4.89. The van der Waals surface area contributed by atoms with Gasteiger partial charge in [-0.05, 0) is 6.08 Å². The van der Waals surface area contributed by atoms with Crippen LogP contribution in [0.25, 0.3) is 0 Å². The quantitative estimate of drug-likeness (QED) is 0.289. The number of thiazole rings is 1. The second kappa shape index (κ2) is 8.53. The Morgan fingerprint density at radius 2 is 2.23 bits per heavy atom. The van der Waals surface area contributed by atoms with Crippen molar-refractivity contribution in [3.63, 3.8) is 0 Å². The Morgan fingerprint density at radius 1 is 1.50 bits per heavy atom. The summed E-state index contributed by atoms with van der Waals surface area (Å²) in [6.07, 6.45) is 1.42. The van der Waals surface area contributed by atoms with Gasteiger partial charge in [0.25, 0.3) is 5.91 Å². The third-order valence-electron chi connectivity index (χ3n) is 3.11. The van der Waals surface area contributed by atoms with E-state index in [2.05, 4.69) is 25.6 Å². The molecule has 0 aromatic carbocycles. The summed E-state index contributed by atoms with van der Waals surface area (Å²) in [5.41, 5.74) is 5.28. The van der Waals surface area contributed by atoms with Gasteiger partial charge >= 0.3 is 11.9 Å². The lowest BCUT2D eigenvalue weighted by Crippen LogP contribution is -2.55. The van der Waals surface area contributed by atoms with Gasteiger partial charge in [0.05, 0.1) is 0 Å². The molecule has 1 aliphatic heterocycles. The zero-order chi connectivity index (χ0) is 19.3. The Bertz CT molecular complexity index is 777. The van der Waals surface area contributed by atoms with Crippen LogP contribution < -0.4 is 16.4 Å². The second-order valence-electron chi connectivity index (χ2n) is 4.80. The van der Waals surface area contributed by atoms with Crippen LogP contribution in [-0.2, 0) is 19.2 Å². The first kappa shape index (κ1) is 19.5. The monoisotopic (exact) mass is 401 g/mol. The first-order valence-corrected chi connectivity index (χ1v) is 8.94. The fraction of sp³-hybridized carbons (Fsp3) is 0.308. The molecule has 140 valence electrons. The number of nitrogens with one attached hydrogen (secondary N) is 2. The SMILES string of the molecule is CO/N=C(/C(=O)N[C@H](C(=O)O)[C@@H]1NC(C(=O)O)=CCS1)c1csc(N)n1. The number of carboxylic acids is 2. The number of amides is 1. The molecule has 6 N–H and O–H groups in total. The van der Waals surface area contributed by atoms with E-state index >= 15 is 0 Å². The van der Waals surface area contributed by atoms with Gasteiger partial charge < -0.3 is 31.4 Å². The molecule has 1 aromatic heterocycles. The van der Waals surface area contributed by atoms with Crippen LogP contribution in [0.1, 0.15) is 5.69 Å². The van der Waals surface area contributed by atoms with Crippen LogP contribution in [0.15, 0.2) is 22.3 Å². The van der Waals surface area contributed by atoms with Crippen molar-refractivity contribution in [1.82, 2.24) is 15.6 Å². The first-order chi connectivity index (χ1) is 12.3. The van der Waals surface area contributed by atoms with Gasteiger partial charge in [0.2, 0.25) is 0 Å². The summed E-state index contributed by atoms with van der Waals surface area (Å²) in [7, 11) is 1.22. The molecule has 0 fully saturated rings. The minimum Gasteiger partial charge on any atom is -0.480 e. The number of thioether (sulfide) groups is 1. The topological polar surface area (TPSA) is 176 Å². The number of aliphatic carboxylic acids is 2. The normalized spacial score (nSPS) is 18.3. The predicted octanol–water partition coefficient (Wildman–Crippen LogP) is -0.724. The molecular weight excluding hydrogens is 386 g/mol. The van der Waals surface area contributed by atoms with Crippen LogP contribution in [0.3, 0.4) is 0 Å². The van der Waals surface area contributed by atoms with E-state index in [-0.39, 0.29) is 28.0 Å². The highest BCUT2D eigenvalue weighted by atomic mass is 32.2. The summed E-state index contributed by atoms with van der Waals surface area (Å²) < 4.78 is 0. The lowest BCUT2D eigenvalue weighted by atomic mass is 10.2. The third kappa shape index (κ3) is 4.64. The van der Waals surface area contributed by atoms with E-state index in [1.165, 1.54) is 18.6 Å². The zero-order valence-corrected chi connectivity index (χ0v) is 15.0. The molecule has 2 heterocycles. The molecule has 0 radical (unpaired) electrons. The minimum absolute atomic E-state index is 0.131. The fourth-order valence-corrected chi connectivity index (χ4v) is 3.59. The lowest BCUT2D eigenvalue weighted by Gasteiger charge is -2.28. The van der Waals surface area contributed by atoms with Crippen LogP contribution in [0.5, 0.6) is 0 Å². The number of anilines is 1. The van der Waals surface area contributed by atoms with Gasteiger partial charge in [-0.3, -0.25) is 4.79 Å². The number of carbonyl (C=O) groups excluding carboxylic acids is 1. The van der Waals surface area contributed by atoms with Crippen molar-refractivity contribution in [2.45, 2.75) is 11.4 Å². The molecule has 0 unspecified atom stereocenters. The molecule has 11 nitrogen and oxygen atoms in total. The van der Waals surface area contributed by atoms with Crippen molar-refractivity contribution >= 4 is 51.8 Å². The number of nitrogen functional groups attached to an aromatic ring is 1. The number of aromatic nitrogens is 1. The molecule has 2 rings (SSSR count). The van der Waals surface area contributed by atoms with E-state index in [0.717, 1.165) is 23.1 Å². The maximum absolute atomic E-state index is 12.5. The van der Waals surface area contributed by atoms with E-state index < -0.39 is 29.3 Å². The predicted molar refractivity (Wildman–Crippen MR) is 94.7 cm³/mol. The Labute approximate surface area is 155 Å². The standard InChI is InChI=1S/C13H15N5O6S2/c1-24-18-7(6-4-26-13(14)16-6)9(19)17-8(12(22)23)10-15-5(11(20)21)2-3-25-10/h2,4,8,10,15H,3H2,1H3,(H2,14,16)(H,17,19)(H,20,21)(H,22,23)/b18-7+/t8-,10+/m0/s1. The van der Waals surface area contributed by atoms with Gasteiger partial charge in [0.1, 0.15) is 23.9 Å². The number of hydrogen-bond donors (Lipinski definition) is 5. The Balaban J connectivity index is 2.19. The fourth-order valence-electron chi connectivity index (χ4n) is 1.99. The van der Waals surface area contributed by atoms with Crippen LogP contribution >= 0.6 is 23.1 Å². The average molecular weight is 401 g/mol. The molecule has 0 spiro atoms. The number of rotatable bonds is 7. The Morgan fingerprint density at radius 3 is 2.77 bits per heavy atom. The van der Waals surface area contributed by atoms with Gasteiger partial charge in [-0.1, -0.05) is 5.16 Å². The number of carboxylic acid groups (broad SMARTS) is 2. The molecule has 0 aliphatic carbocycles. The van der Waals surface area contributed by atoms with E-state index in [1.54, 1.807) is 0 Å².